The number of furan rings is 1. The number of aryl methyl sites for hydroxylation is 2. The maximum Gasteiger partial charge on any atom is 0.265 e. The Hall–Kier alpha value is -2.89. The Morgan fingerprint density at radius 1 is 1.23 bits per heavy atom. The zero-order valence-corrected chi connectivity index (χ0v) is 15.7. The predicted octanol–water partition coefficient (Wildman–Crippen LogP) is 3.35. The molecule has 0 saturated heterocycles. The van der Waals surface area contributed by atoms with Crippen molar-refractivity contribution in [3.05, 3.63) is 63.9 Å². The molecule has 1 amide bonds. The first-order chi connectivity index (χ1) is 12.2. The fourth-order valence-corrected chi connectivity index (χ4v) is 3.11. The Kier molecular flexibility index (Phi) is 4.44. The van der Waals surface area contributed by atoms with Gasteiger partial charge in [-0.15, -0.1) is 0 Å². The number of hydrogen-bond acceptors (Lipinski definition) is 4. The summed E-state index contributed by atoms with van der Waals surface area (Å²) < 4.78 is 6.88. The summed E-state index contributed by atoms with van der Waals surface area (Å²) in [7, 11) is 1.60. The molecule has 1 unspecified atom stereocenters. The zero-order chi connectivity index (χ0) is 19.1. The van der Waals surface area contributed by atoms with Crippen LogP contribution in [0.4, 0.5) is 0 Å². The molecule has 0 aliphatic heterocycles. The molecule has 6 heteroatoms. The average molecular weight is 353 g/mol. The molecule has 1 atom stereocenters. The molecular weight excluding hydrogens is 330 g/mol. The van der Waals surface area contributed by atoms with Gasteiger partial charge in [0.1, 0.15) is 17.5 Å². The van der Waals surface area contributed by atoms with E-state index in [0.29, 0.717) is 5.76 Å². The third-order valence-corrected chi connectivity index (χ3v) is 4.45. The maximum atomic E-state index is 13.1. The molecule has 0 aliphatic rings. The van der Waals surface area contributed by atoms with Crippen LogP contribution in [0.1, 0.15) is 48.5 Å². The van der Waals surface area contributed by atoms with Crippen LogP contribution in [-0.2, 0) is 7.05 Å². The summed E-state index contributed by atoms with van der Waals surface area (Å²) in [5.74, 6) is 0.0455. The second-order valence-electron chi connectivity index (χ2n) is 7.56. The van der Waals surface area contributed by atoms with Gasteiger partial charge in [0, 0.05) is 7.05 Å². The van der Waals surface area contributed by atoms with Gasteiger partial charge in [-0.1, -0.05) is 51.1 Å². The summed E-state index contributed by atoms with van der Waals surface area (Å²) in [5, 5.41) is 3.29. The standard InChI is InChI=1S/C20H23N3O3/c1-12-14(15-18(26-12)21-11-23(5)19(15)25)17(24)22-16(20(2,3)4)13-9-7-6-8-10-13/h6-11,16H,1-5H3,(H,22,24). The van der Waals surface area contributed by atoms with Gasteiger partial charge in [0.15, 0.2) is 0 Å². The van der Waals surface area contributed by atoms with E-state index in [0.717, 1.165) is 5.56 Å². The lowest BCUT2D eigenvalue weighted by molar-refractivity contribution is 0.0901. The normalized spacial score (nSPS) is 13.0. The van der Waals surface area contributed by atoms with Gasteiger partial charge < -0.3 is 14.3 Å². The second kappa shape index (κ2) is 6.44. The van der Waals surface area contributed by atoms with Crippen molar-refractivity contribution in [1.29, 1.82) is 0 Å². The molecule has 0 aliphatic carbocycles. The van der Waals surface area contributed by atoms with Crippen molar-refractivity contribution < 1.29 is 9.21 Å². The fourth-order valence-electron chi connectivity index (χ4n) is 3.11. The number of hydrogen-bond donors (Lipinski definition) is 1. The van der Waals surface area contributed by atoms with Crippen molar-refractivity contribution >= 4 is 17.0 Å². The molecule has 0 saturated carbocycles. The molecule has 3 rings (SSSR count). The molecule has 0 bridgehead atoms. The van der Waals surface area contributed by atoms with Gasteiger partial charge in [-0.3, -0.25) is 9.59 Å². The van der Waals surface area contributed by atoms with E-state index < -0.39 is 0 Å². The van der Waals surface area contributed by atoms with Crippen molar-refractivity contribution in [3.8, 4) is 0 Å². The highest BCUT2D eigenvalue weighted by atomic mass is 16.3. The maximum absolute atomic E-state index is 13.1. The largest absolute Gasteiger partial charge is 0.442 e. The van der Waals surface area contributed by atoms with Crippen LogP contribution in [0.15, 0.2) is 45.9 Å². The van der Waals surface area contributed by atoms with Gasteiger partial charge in [-0.25, -0.2) is 4.98 Å². The monoisotopic (exact) mass is 353 g/mol. The number of amides is 1. The first-order valence-electron chi connectivity index (χ1n) is 8.50. The van der Waals surface area contributed by atoms with E-state index >= 15 is 0 Å². The summed E-state index contributed by atoms with van der Waals surface area (Å²) in [6.45, 7) is 7.86. The SMILES string of the molecule is Cc1oc2ncn(C)c(=O)c2c1C(=O)NC(c1ccccc1)C(C)(C)C. The van der Waals surface area contributed by atoms with E-state index in [1.807, 2.05) is 30.3 Å². The molecule has 0 fully saturated rings. The lowest BCUT2D eigenvalue weighted by atomic mass is 9.82. The molecule has 2 aromatic heterocycles. The van der Waals surface area contributed by atoms with Crippen molar-refractivity contribution in [1.82, 2.24) is 14.9 Å². The first-order valence-corrected chi connectivity index (χ1v) is 8.50. The number of benzene rings is 1. The quantitative estimate of drug-likeness (QED) is 0.783. The van der Waals surface area contributed by atoms with Crippen LogP contribution in [0.2, 0.25) is 0 Å². The fraction of sp³-hybridized carbons (Fsp3) is 0.350. The zero-order valence-electron chi connectivity index (χ0n) is 15.7. The number of carbonyl (C=O) groups excluding carboxylic acids is 1. The topological polar surface area (TPSA) is 77.1 Å². The summed E-state index contributed by atoms with van der Waals surface area (Å²) in [6.07, 6.45) is 1.39. The van der Waals surface area contributed by atoms with Crippen LogP contribution in [0.3, 0.4) is 0 Å². The minimum atomic E-state index is -0.338. The van der Waals surface area contributed by atoms with Gasteiger partial charge in [0.05, 0.1) is 11.6 Å². The molecule has 1 N–H and O–H groups in total. The second-order valence-corrected chi connectivity index (χ2v) is 7.56. The van der Waals surface area contributed by atoms with Gasteiger partial charge in [0.2, 0.25) is 5.71 Å². The summed E-state index contributed by atoms with van der Waals surface area (Å²) in [5.41, 5.74) is 0.920. The Morgan fingerprint density at radius 3 is 2.50 bits per heavy atom. The average Bonchev–Trinajstić information content (AvgIpc) is 2.92. The molecule has 136 valence electrons. The number of nitrogens with one attached hydrogen (secondary N) is 1. The first kappa shape index (κ1) is 17.9. The minimum Gasteiger partial charge on any atom is -0.442 e. The number of carbonyl (C=O) groups is 1. The lowest BCUT2D eigenvalue weighted by Crippen LogP contribution is -2.37. The van der Waals surface area contributed by atoms with Crippen molar-refractivity contribution in [3.63, 3.8) is 0 Å². The van der Waals surface area contributed by atoms with Gasteiger partial charge in [-0.05, 0) is 17.9 Å². The van der Waals surface area contributed by atoms with Crippen LogP contribution in [0.5, 0.6) is 0 Å². The smallest absolute Gasteiger partial charge is 0.265 e. The van der Waals surface area contributed by atoms with Crippen LogP contribution < -0.4 is 10.9 Å². The predicted molar refractivity (Wildman–Crippen MR) is 100 cm³/mol. The van der Waals surface area contributed by atoms with E-state index in [-0.39, 0.29) is 39.6 Å². The molecule has 6 nitrogen and oxygen atoms in total. The van der Waals surface area contributed by atoms with E-state index in [1.165, 1.54) is 10.9 Å². The van der Waals surface area contributed by atoms with Gasteiger partial charge in [-0.2, -0.15) is 0 Å². The van der Waals surface area contributed by atoms with E-state index in [2.05, 4.69) is 31.1 Å². The van der Waals surface area contributed by atoms with Crippen LogP contribution in [0, 0.1) is 12.3 Å². The van der Waals surface area contributed by atoms with E-state index in [9.17, 15) is 9.59 Å². The number of nitrogens with zero attached hydrogens (tertiary/aromatic N) is 2. The van der Waals surface area contributed by atoms with E-state index in [4.69, 9.17) is 4.42 Å². The summed E-state index contributed by atoms with van der Waals surface area (Å²) in [6, 6.07) is 9.57. The number of fused-ring (bicyclic) bond motifs is 1. The third-order valence-electron chi connectivity index (χ3n) is 4.45. The highest BCUT2D eigenvalue weighted by molar-refractivity contribution is 6.06. The van der Waals surface area contributed by atoms with Crippen LogP contribution >= 0.6 is 0 Å². The van der Waals surface area contributed by atoms with E-state index in [1.54, 1.807) is 14.0 Å². The molecule has 0 spiro atoms. The summed E-state index contributed by atoms with van der Waals surface area (Å²) >= 11 is 0. The molecule has 0 radical (unpaired) electrons. The molecule has 3 aromatic rings. The molecule has 1 aromatic carbocycles. The number of aromatic nitrogens is 2. The Morgan fingerprint density at radius 2 is 1.88 bits per heavy atom. The van der Waals surface area contributed by atoms with Crippen LogP contribution in [-0.4, -0.2) is 15.5 Å². The van der Waals surface area contributed by atoms with Gasteiger partial charge in [0.25, 0.3) is 11.5 Å². The van der Waals surface area contributed by atoms with Crippen molar-refractivity contribution in [2.75, 3.05) is 0 Å². The Balaban J connectivity index is 2.07. The van der Waals surface area contributed by atoms with Crippen LogP contribution in [0.25, 0.3) is 11.1 Å². The Labute approximate surface area is 151 Å². The third kappa shape index (κ3) is 3.14. The van der Waals surface area contributed by atoms with Crippen molar-refractivity contribution in [2.24, 2.45) is 12.5 Å². The molecule has 26 heavy (non-hydrogen) atoms. The van der Waals surface area contributed by atoms with Crippen molar-refractivity contribution in [2.45, 2.75) is 33.7 Å². The molecule has 2 heterocycles. The highest BCUT2D eigenvalue weighted by Gasteiger charge is 2.30. The summed E-state index contributed by atoms with van der Waals surface area (Å²) in [4.78, 5) is 29.7. The van der Waals surface area contributed by atoms with Gasteiger partial charge >= 0.3 is 0 Å². The Bertz CT molecular complexity index is 1010. The minimum absolute atomic E-state index is 0.183. The molecular formula is C20H23N3O3. The lowest BCUT2D eigenvalue weighted by Gasteiger charge is -2.32. The highest BCUT2D eigenvalue weighted by Crippen LogP contribution is 2.33. The number of rotatable bonds is 3.